The van der Waals surface area contributed by atoms with E-state index in [1.165, 1.54) is 0 Å². The van der Waals surface area contributed by atoms with Crippen molar-refractivity contribution in [2.24, 2.45) is 14.1 Å². The lowest BCUT2D eigenvalue weighted by atomic mass is 10.4. The van der Waals surface area contributed by atoms with Crippen LogP contribution in [0.5, 0.6) is 0 Å². The number of hydrogen-bond donors (Lipinski definition) is 0. The molecular weight excluding hydrogens is 264 g/mol. The molecule has 100 valence electrons. The molecule has 0 radical (unpaired) electrons. The van der Waals surface area contributed by atoms with Crippen molar-refractivity contribution in [3.63, 3.8) is 0 Å². The second-order valence-corrected chi connectivity index (χ2v) is 4.92. The molecule has 3 rings (SSSR count). The summed E-state index contributed by atoms with van der Waals surface area (Å²) in [6.07, 6.45) is 1.97. The molecule has 0 aliphatic heterocycles. The standard InChI is InChI=1S/C12H15ClN6/c1-7-9(6-17(3)15-7)19-10(5-13)14-11-8(2)16-18(4)12(11)19/h6H,5H2,1-4H3. The molecule has 0 saturated carbocycles. The normalized spacial score (nSPS) is 11.6. The van der Waals surface area contributed by atoms with Crippen LogP contribution < -0.4 is 0 Å². The first-order valence-corrected chi connectivity index (χ1v) is 6.54. The first-order chi connectivity index (χ1) is 9.02. The summed E-state index contributed by atoms with van der Waals surface area (Å²) >= 11 is 6.03. The minimum Gasteiger partial charge on any atom is -0.276 e. The third-order valence-corrected chi connectivity index (χ3v) is 3.46. The molecule has 0 aromatic carbocycles. The van der Waals surface area contributed by atoms with E-state index in [9.17, 15) is 0 Å². The van der Waals surface area contributed by atoms with E-state index in [1.807, 2.05) is 43.4 Å². The van der Waals surface area contributed by atoms with Crippen LogP contribution in [0, 0.1) is 13.8 Å². The summed E-state index contributed by atoms with van der Waals surface area (Å²) in [6, 6.07) is 0. The quantitative estimate of drug-likeness (QED) is 0.672. The highest BCUT2D eigenvalue weighted by molar-refractivity contribution is 6.17. The lowest BCUT2D eigenvalue weighted by Crippen LogP contribution is -2.04. The van der Waals surface area contributed by atoms with Crippen LogP contribution in [-0.4, -0.2) is 29.1 Å². The highest BCUT2D eigenvalue weighted by Gasteiger charge is 2.20. The van der Waals surface area contributed by atoms with Gasteiger partial charge in [-0.3, -0.25) is 9.25 Å². The van der Waals surface area contributed by atoms with Crippen molar-refractivity contribution < 1.29 is 0 Å². The highest BCUT2D eigenvalue weighted by atomic mass is 35.5. The topological polar surface area (TPSA) is 53.5 Å². The van der Waals surface area contributed by atoms with Gasteiger partial charge in [-0.25, -0.2) is 9.67 Å². The van der Waals surface area contributed by atoms with Crippen molar-refractivity contribution >= 4 is 22.8 Å². The van der Waals surface area contributed by atoms with Gasteiger partial charge >= 0.3 is 0 Å². The second-order valence-electron chi connectivity index (χ2n) is 4.65. The van der Waals surface area contributed by atoms with Gasteiger partial charge in [0.15, 0.2) is 5.65 Å². The predicted molar refractivity (Wildman–Crippen MR) is 73.6 cm³/mol. The Morgan fingerprint density at radius 1 is 1.16 bits per heavy atom. The molecule has 0 unspecified atom stereocenters. The summed E-state index contributed by atoms with van der Waals surface area (Å²) in [7, 11) is 3.82. The molecule has 0 amide bonds. The van der Waals surface area contributed by atoms with Crippen molar-refractivity contribution in [1.29, 1.82) is 0 Å². The third-order valence-electron chi connectivity index (χ3n) is 3.22. The predicted octanol–water partition coefficient (Wildman–Crippen LogP) is 1.85. The summed E-state index contributed by atoms with van der Waals surface area (Å²) in [5.41, 5.74) is 4.67. The molecule has 7 heteroatoms. The molecule has 0 spiro atoms. The van der Waals surface area contributed by atoms with Gasteiger partial charge in [0.2, 0.25) is 0 Å². The van der Waals surface area contributed by atoms with Crippen molar-refractivity contribution in [2.45, 2.75) is 19.7 Å². The summed E-state index contributed by atoms with van der Waals surface area (Å²) in [4.78, 5) is 4.59. The Bertz CT molecular complexity index is 763. The smallest absolute Gasteiger partial charge is 0.163 e. The van der Waals surface area contributed by atoms with E-state index in [1.54, 1.807) is 4.68 Å². The number of alkyl halides is 1. The van der Waals surface area contributed by atoms with Crippen LogP contribution in [0.15, 0.2) is 6.20 Å². The molecule has 6 nitrogen and oxygen atoms in total. The maximum Gasteiger partial charge on any atom is 0.163 e. The summed E-state index contributed by atoms with van der Waals surface area (Å²) in [5.74, 6) is 1.16. The largest absolute Gasteiger partial charge is 0.276 e. The highest BCUT2D eigenvalue weighted by Crippen LogP contribution is 2.25. The molecule has 0 aliphatic rings. The molecule has 0 bridgehead atoms. The van der Waals surface area contributed by atoms with Crippen LogP contribution in [0.3, 0.4) is 0 Å². The molecular formula is C12H15ClN6. The van der Waals surface area contributed by atoms with Gasteiger partial charge in [-0.05, 0) is 13.8 Å². The number of rotatable bonds is 2. The molecule has 0 atom stereocenters. The maximum absolute atomic E-state index is 6.03. The minimum absolute atomic E-state index is 0.350. The van der Waals surface area contributed by atoms with Crippen LogP contribution in [0.25, 0.3) is 16.9 Å². The summed E-state index contributed by atoms with van der Waals surface area (Å²) < 4.78 is 5.66. The number of nitrogens with zero attached hydrogens (tertiary/aromatic N) is 6. The Balaban J connectivity index is 2.41. The van der Waals surface area contributed by atoms with E-state index >= 15 is 0 Å². The lowest BCUT2D eigenvalue weighted by molar-refractivity contribution is 0.752. The van der Waals surface area contributed by atoms with Crippen LogP contribution in [0.4, 0.5) is 0 Å². The van der Waals surface area contributed by atoms with Gasteiger partial charge in [0.1, 0.15) is 11.3 Å². The van der Waals surface area contributed by atoms with E-state index in [0.29, 0.717) is 5.88 Å². The van der Waals surface area contributed by atoms with Crippen molar-refractivity contribution in [1.82, 2.24) is 29.1 Å². The minimum atomic E-state index is 0.350. The van der Waals surface area contributed by atoms with E-state index in [-0.39, 0.29) is 0 Å². The average molecular weight is 279 g/mol. The van der Waals surface area contributed by atoms with E-state index < -0.39 is 0 Å². The summed E-state index contributed by atoms with van der Waals surface area (Å²) in [5, 5.41) is 8.79. The fourth-order valence-corrected chi connectivity index (χ4v) is 2.65. The van der Waals surface area contributed by atoms with Crippen LogP contribution in [0.1, 0.15) is 17.2 Å². The van der Waals surface area contributed by atoms with E-state index in [4.69, 9.17) is 11.6 Å². The molecule has 0 fully saturated rings. The van der Waals surface area contributed by atoms with Crippen molar-refractivity contribution in [3.8, 4) is 5.69 Å². The van der Waals surface area contributed by atoms with Gasteiger partial charge in [0.25, 0.3) is 0 Å². The molecule has 0 N–H and O–H groups in total. The average Bonchev–Trinajstić information content (AvgIpc) is 2.95. The molecule has 3 aromatic heterocycles. The Morgan fingerprint density at radius 3 is 2.47 bits per heavy atom. The number of aryl methyl sites for hydroxylation is 4. The maximum atomic E-state index is 6.03. The molecule has 0 saturated heterocycles. The van der Waals surface area contributed by atoms with Crippen molar-refractivity contribution in [3.05, 3.63) is 23.4 Å². The van der Waals surface area contributed by atoms with Crippen LogP contribution in [0.2, 0.25) is 0 Å². The third kappa shape index (κ3) is 1.67. The van der Waals surface area contributed by atoms with Crippen molar-refractivity contribution in [2.75, 3.05) is 0 Å². The second kappa shape index (κ2) is 4.09. The first-order valence-electron chi connectivity index (χ1n) is 6.00. The number of fused-ring (bicyclic) bond motifs is 1. The SMILES string of the molecule is Cc1nn(C)cc1-n1c(CCl)nc2c(C)nn(C)c21. The van der Waals surface area contributed by atoms with Gasteiger partial charge in [0, 0.05) is 20.3 Å². The number of imidazole rings is 1. The zero-order valence-corrected chi connectivity index (χ0v) is 12.1. The Labute approximate surface area is 115 Å². The van der Waals surface area contributed by atoms with Gasteiger partial charge in [-0.1, -0.05) is 0 Å². The van der Waals surface area contributed by atoms with E-state index in [2.05, 4.69) is 15.2 Å². The molecule has 19 heavy (non-hydrogen) atoms. The Kier molecular flexibility index (Phi) is 2.63. The van der Waals surface area contributed by atoms with Crippen LogP contribution in [-0.2, 0) is 20.0 Å². The zero-order valence-electron chi connectivity index (χ0n) is 11.3. The van der Waals surface area contributed by atoms with E-state index in [0.717, 1.165) is 34.1 Å². The number of halogens is 1. The molecule has 3 aromatic rings. The van der Waals surface area contributed by atoms with Gasteiger partial charge in [0.05, 0.1) is 23.0 Å². The number of hydrogen-bond acceptors (Lipinski definition) is 3. The Hall–Kier alpha value is -1.82. The molecule has 3 heterocycles. The lowest BCUT2D eigenvalue weighted by Gasteiger charge is -2.06. The monoisotopic (exact) mass is 278 g/mol. The zero-order chi connectivity index (χ0) is 13.7. The number of aromatic nitrogens is 6. The van der Waals surface area contributed by atoms with Gasteiger partial charge in [-0.15, -0.1) is 11.6 Å². The van der Waals surface area contributed by atoms with Gasteiger partial charge in [-0.2, -0.15) is 10.2 Å². The summed E-state index contributed by atoms with van der Waals surface area (Å²) in [6.45, 7) is 3.93. The first kappa shape index (κ1) is 12.2. The fourth-order valence-electron chi connectivity index (χ4n) is 2.47. The Morgan fingerprint density at radius 2 is 1.89 bits per heavy atom. The molecule has 0 aliphatic carbocycles. The van der Waals surface area contributed by atoms with Gasteiger partial charge < -0.3 is 0 Å². The van der Waals surface area contributed by atoms with Crippen LogP contribution >= 0.6 is 11.6 Å². The fraction of sp³-hybridized carbons (Fsp3) is 0.417.